The molecule has 0 atom stereocenters. The summed E-state index contributed by atoms with van der Waals surface area (Å²) in [6, 6.07) is 9.88. The third-order valence-corrected chi connectivity index (χ3v) is 7.26. The maximum atomic E-state index is 12.7. The lowest BCUT2D eigenvalue weighted by molar-refractivity contribution is -0.120. The van der Waals surface area contributed by atoms with Crippen LogP contribution >= 0.6 is 0 Å². The van der Waals surface area contributed by atoms with Crippen LogP contribution in [0.4, 0.5) is 11.4 Å². The molecule has 2 N–H and O–H groups in total. The monoisotopic (exact) mass is 456 g/mol. The predicted octanol–water partition coefficient (Wildman–Crippen LogP) is 2.40. The fourth-order valence-electron chi connectivity index (χ4n) is 3.87. The number of hydrogen-bond acceptors (Lipinski definition) is 6. The van der Waals surface area contributed by atoms with Crippen LogP contribution in [0.15, 0.2) is 46.4 Å². The lowest BCUT2D eigenvalue weighted by Crippen LogP contribution is -2.28. The van der Waals surface area contributed by atoms with Crippen molar-refractivity contribution in [2.24, 2.45) is 5.16 Å². The standard InChI is InChI=1S/C22H24N4O5S/c1-14-10-15(2)20-18(11-14)21(22(28)24-20)25-31-13-19(27)23-16-6-5-7-17(12-16)32(29,30)26-8-3-4-9-26/h5-7,10-12H,3-4,8-9,13H2,1-2H3,(H,23,27)(H,24,25,28). The van der Waals surface area contributed by atoms with E-state index in [-0.39, 0.29) is 10.6 Å². The van der Waals surface area contributed by atoms with Gasteiger partial charge in [0.1, 0.15) is 0 Å². The average molecular weight is 457 g/mol. The molecule has 2 heterocycles. The molecule has 0 unspecified atom stereocenters. The van der Waals surface area contributed by atoms with E-state index >= 15 is 0 Å². The minimum Gasteiger partial charge on any atom is -0.385 e. The fraction of sp³-hybridized carbons (Fsp3) is 0.318. The van der Waals surface area contributed by atoms with E-state index in [1.165, 1.54) is 16.4 Å². The first-order valence-electron chi connectivity index (χ1n) is 10.3. The number of benzene rings is 2. The van der Waals surface area contributed by atoms with Gasteiger partial charge in [-0.2, -0.15) is 4.31 Å². The topological polar surface area (TPSA) is 117 Å². The molecular weight excluding hydrogens is 432 g/mol. The first-order valence-corrected chi connectivity index (χ1v) is 11.7. The number of fused-ring (bicyclic) bond motifs is 1. The molecule has 4 rings (SSSR count). The molecule has 0 aliphatic carbocycles. The Hall–Kier alpha value is -3.24. The molecule has 0 bridgehead atoms. The molecule has 0 radical (unpaired) electrons. The van der Waals surface area contributed by atoms with Crippen LogP contribution in [0.5, 0.6) is 0 Å². The zero-order valence-electron chi connectivity index (χ0n) is 17.8. The van der Waals surface area contributed by atoms with Gasteiger partial charge in [-0.3, -0.25) is 9.59 Å². The highest BCUT2D eigenvalue weighted by molar-refractivity contribution is 7.89. The van der Waals surface area contributed by atoms with E-state index in [2.05, 4.69) is 15.8 Å². The quantitative estimate of drug-likeness (QED) is 0.648. The molecule has 1 saturated heterocycles. The number of hydrogen-bond donors (Lipinski definition) is 2. The summed E-state index contributed by atoms with van der Waals surface area (Å²) in [5.74, 6) is -0.918. The van der Waals surface area contributed by atoms with Gasteiger partial charge in [-0.25, -0.2) is 8.42 Å². The molecule has 0 saturated carbocycles. The Kier molecular flexibility index (Phi) is 5.98. The lowest BCUT2D eigenvalue weighted by Gasteiger charge is -2.16. The molecule has 2 aliphatic rings. The van der Waals surface area contributed by atoms with Crippen molar-refractivity contribution in [3.05, 3.63) is 53.1 Å². The van der Waals surface area contributed by atoms with Gasteiger partial charge in [0, 0.05) is 24.3 Å². The second-order valence-electron chi connectivity index (χ2n) is 7.86. The van der Waals surface area contributed by atoms with E-state index < -0.39 is 28.4 Å². The van der Waals surface area contributed by atoms with Gasteiger partial charge in [0.05, 0.1) is 10.6 Å². The Bertz CT molecular complexity index is 1220. The van der Waals surface area contributed by atoms with Crippen molar-refractivity contribution < 1.29 is 22.8 Å². The van der Waals surface area contributed by atoms with Crippen LogP contribution < -0.4 is 10.6 Å². The number of nitrogens with one attached hydrogen (secondary N) is 2. The average Bonchev–Trinajstić information content (AvgIpc) is 3.38. The molecule has 2 aromatic rings. The van der Waals surface area contributed by atoms with Crippen molar-refractivity contribution in [2.75, 3.05) is 30.3 Å². The van der Waals surface area contributed by atoms with Crippen LogP contribution in [-0.4, -0.2) is 49.9 Å². The molecule has 2 aromatic carbocycles. The number of carbonyl (C=O) groups is 2. The molecule has 2 amide bonds. The Morgan fingerprint density at radius 1 is 1.19 bits per heavy atom. The van der Waals surface area contributed by atoms with Gasteiger partial charge in [-0.05, 0) is 56.5 Å². The summed E-state index contributed by atoms with van der Waals surface area (Å²) in [4.78, 5) is 29.7. The second kappa shape index (κ2) is 8.71. The van der Waals surface area contributed by atoms with Crippen LogP contribution in [0.2, 0.25) is 0 Å². The summed E-state index contributed by atoms with van der Waals surface area (Å²) in [5, 5.41) is 9.22. The van der Waals surface area contributed by atoms with Gasteiger partial charge < -0.3 is 15.5 Å². The van der Waals surface area contributed by atoms with Crippen LogP contribution in [0.25, 0.3) is 0 Å². The van der Waals surface area contributed by atoms with Crippen molar-refractivity contribution >= 4 is 38.9 Å². The smallest absolute Gasteiger partial charge is 0.278 e. The number of sulfonamides is 1. The first-order chi connectivity index (χ1) is 15.3. The summed E-state index contributed by atoms with van der Waals surface area (Å²) in [5.41, 5.74) is 3.66. The number of carbonyl (C=O) groups excluding carboxylic acids is 2. The Morgan fingerprint density at radius 2 is 1.94 bits per heavy atom. The van der Waals surface area contributed by atoms with Gasteiger partial charge >= 0.3 is 0 Å². The minimum atomic E-state index is -3.58. The van der Waals surface area contributed by atoms with Gasteiger partial charge in [-0.1, -0.05) is 22.9 Å². The summed E-state index contributed by atoms with van der Waals surface area (Å²) in [6.07, 6.45) is 1.69. The van der Waals surface area contributed by atoms with Gasteiger partial charge in [0.25, 0.3) is 11.8 Å². The Balaban J connectivity index is 1.41. The molecule has 0 aromatic heterocycles. The molecule has 9 nitrogen and oxygen atoms in total. The number of amides is 2. The van der Waals surface area contributed by atoms with Gasteiger partial charge in [0.15, 0.2) is 12.3 Å². The number of rotatable bonds is 6. The van der Waals surface area contributed by atoms with Crippen molar-refractivity contribution in [2.45, 2.75) is 31.6 Å². The Labute approximate surface area is 186 Å². The molecule has 168 valence electrons. The van der Waals surface area contributed by atoms with Crippen LogP contribution in [-0.2, 0) is 24.4 Å². The zero-order chi connectivity index (χ0) is 22.9. The highest BCUT2D eigenvalue weighted by atomic mass is 32.2. The van der Waals surface area contributed by atoms with E-state index in [1.807, 2.05) is 26.0 Å². The van der Waals surface area contributed by atoms with Crippen molar-refractivity contribution in [3.63, 3.8) is 0 Å². The molecule has 1 fully saturated rings. The highest BCUT2D eigenvalue weighted by Crippen LogP contribution is 2.29. The summed E-state index contributed by atoms with van der Waals surface area (Å²) >= 11 is 0. The maximum Gasteiger partial charge on any atom is 0.278 e. The van der Waals surface area contributed by atoms with Crippen molar-refractivity contribution in [1.82, 2.24) is 4.31 Å². The lowest BCUT2D eigenvalue weighted by atomic mass is 10.0. The minimum absolute atomic E-state index is 0.110. The number of nitrogens with zero attached hydrogens (tertiary/aromatic N) is 2. The third kappa shape index (κ3) is 4.37. The van der Waals surface area contributed by atoms with Gasteiger partial charge in [0.2, 0.25) is 10.0 Å². The number of anilines is 2. The maximum absolute atomic E-state index is 12.7. The second-order valence-corrected chi connectivity index (χ2v) is 9.80. The third-order valence-electron chi connectivity index (χ3n) is 5.36. The largest absolute Gasteiger partial charge is 0.385 e. The first kappa shape index (κ1) is 22.0. The van der Waals surface area contributed by atoms with E-state index in [0.29, 0.717) is 30.0 Å². The molecule has 10 heteroatoms. The summed E-state index contributed by atoms with van der Waals surface area (Å²) < 4.78 is 26.9. The summed E-state index contributed by atoms with van der Waals surface area (Å²) in [7, 11) is -3.58. The normalized spacial score (nSPS) is 17.3. The number of aryl methyl sites for hydroxylation is 2. The van der Waals surface area contributed by atoms with Crippen LogP contribution in [0.3, 0.4) is 0 Å². The SMILES string of the molecule is Cc1cc(C)c2c(c1)C(=NOCC(=O)Nc1cccc(S(=O)(=O)N3CCCC3)c1)C(=O)N2. The van der Waals surface area contributed by atoms with Crippen LogP contribution in [0, 0.1) is 13.8 Å². The number of oxime groups is 1. The summed E-state index contributed by atoms with van der Waals surface area (Å²) in [6.45, 7) is 4.38. The van der Waals surface area contributed by atoms with E-state index in [0.717, 1.165) is 24.0 Å². The molecule has 32 heavy (non-hydrogen) atoms. The van der Waals surface area contributed by atoms with E-state index in [4.69, 9.17) is 4.84 Å². The van der Waals surface area contributed by atoms with E-state index in [9.17, 15) is 18.0 Å². The van der Waals surface area contributed by atoms with Gasteiger partial charge in [-0.15, -0.1) is 0 Å². The highest BCUT2D eigenvalue weighted by Gasteiger charge is 2.29. The molecule has 0 spiro atoms. The zero-order valence-corrected chi connectivity index (χ0v) is 18.7. The predicted molar refractivity (Wildman–Crippen MR) is 120 cm³/mol. The molecule has 2 aliphatic heterocycles. The fourth-order valence-corrected chi connectivity index (χ4v) is 5.43. The van der Waals surface area contributed by atoms with Crippen molar-refractivity contribution in [3.8, 4) is 0 Å². The van der Waals surface area contributed by atoms with Crippen LogP contribution in [0.1, 0.15) is 29.5 Å². The Morgan fingerprint density at radius 3 is 2.69 bits per heavy atom. The van der Waals surface area contributed by atoms with E-state index in [1.54, 1.807) is 12.1 Å². The molecular formula is C22H24N4O5S. The van der Waals surface area contributed by atoms with Crippen molar-refractivity contribution in [1.29, 1.82) is 0 Å².